The first kappa shape index (κ1) is 6.46. The number of carbonyl (C=O) groups excluding carboxylic acids is 1. The minimum atomic E-state index is 0.128. The average Bonchev–Trinajstić information content (AvgIpc) is 2.31. The fourth-order valence-corrected chi connectivity index (χ4v) is 1.40. The number of aromatic nitrogens is 1. The van der Waals surface area contributed by atoms with E-state index in [0.29, 0.717) is 6.42 Å². The van der Waals surface area contributed by atoms with Crippen molar-refractivity contribution in [2.45, 2.75) is 12.8 Å². The maximum atomic E-state index is 11.0. The monoisotopic (exact) mass is 150 g/mol. The lowest BCUT2D eigenvalue weighted by atomic mass is 10.1. The average molecular weight is 150 g/mol. The molecule has 1 amide bonds. The van der Waals surface area contributed by atoms with Gasteiger partial charge in [0.05, 0.1) is 6.42 Å². The number of amides is 1. The SMILES string of the molecule is O=C1Cc2cc[nH]c2CCN1. The highest BCUT2D eigenvalue weighted by atomic mass is 16.1. The van der Waals surface area contributed by atoms with Gasteiger partial charge < -0.3 is 10.3 Å². The van der Waals surface area contributed by atoms with Crippen LogP contribution in [-0.2, 0) is 17.6 Å². The molecule has 2 heterocycles. The van der Waals surface area contributed by atoms with E-state index in [4.69, 9.17) is 0 Å². The van der Waals surface area contributed by atoms with E-state index in [-0.39, 0.29) is 5.91 Å². The van der Waals surface area contributed by atoms with E-state index in [9.17, 15) is 4.79 Å². The quantitative estimate of drug-likeness (QED) is 0.546. The highest BCUT2D eigenvalue weighted by molar-refractivity contribution is 5.79. The van der Waals surface area contributed by atoms with E-state index in [1.807, 2.05) is 12.3 Å². The number of H-pyrrole nitrogens is 1. The zero-order valence-electron chi connectivity index (χ0n) is 6.18. The summed E-state index contributed by atoms with van der Waals surface area (Å²) in [6.45, 7) is 0.756. The maximum Gasteiger partial charge on any atom is 0.224 e. The predicted octanol–water partition coefficient (Wildman–Crippen LogP) is 0.229. The number of hydrogen-bond donors (Lipinski definition) is 2. The van der Waals surface area contributed by atoms with Gasteiger partial charge in [0, 0.05) is 24.9 Å². The Bertz CT molecular complexity index is 277. The Morgan fingerprint density at radius 1 is 1.45 bits per heavy atom. The van der Waals surface area contributed by atoms with E-state index in [1.54, 1.807) is 0 Å². The third-order valence-electron chi connectivity index (χ3n) is 1.98. The fourth-order valence-electron chi connectivity index (χ4n) is 1.40. The summed E-state index contributed by atoms with van der Waals surface area (Å²) in [6, 6.07) is 1.97. The molecule has 2 rings (SSSR count). The van der Waals surface area contributed by atoms with Crippen molar-refractivity contribution < 1.29 is 4.79 Å². The van der Waals surface area contributed by atoms with Crippen LogP contribution in [0.1, 0.15) is 11.3 Å². The molecule has 0 aromatic carbocycles. The molecule has 0 fully saturated rings. The van der Waals surface area contributed by atoms with Crippen molar-refractivity contribution in [2.24, 2.45) is 0 Å². The van der Waals surface area contributed by atoms with Gasteiger partial charge in [0.15, 0.2) is 0 Å². The number of carbonyl (C=O) groups is 1. The lowest BCUT2D eigenvalue weighted by Crippen LogP contribution is -2.24. The van der Waals surface area contributed by atoms with Gasteiger partial charge in [-0.25, -0.2) is 0 Å². The van der Waals surface area contributed by atoms with Crippen LogP contribution in [0.25, 0.3) is 0 Å². The van der Waals surface area contributed by atoms with Crippen LogP contribution in [0, 0.1) is 0 Å². The molecule has 1 aromatic rings. The summed E-state index contributed by atoms with van der Waals surface area (Å²) in [4.78, 5) is 14.1. The van der Waals surface area contributed by atoms with Gasteiger partial charge >= 0.3 is 0 Å². The first-order valence-electron chi connectivity index (χ1n) is 3.78. The van der Waals surface area contributed by atoms with Crippen LogP contribution in [0.5, 0.6) is 0 Å². The van der Waals surface area contributed by atoms with Crippen molar-refractivity contribution in [3.05, 3.63) is 23.5 Å². The van der Waals surface area contributed by atoms with Crippen LogP contribution >= 0.6 is 0 Å². The predicted molar refractivity (Wildman–Crippen MR) is 41.2 cm³/mol. The van der Waals surface area contributed by atoms with E-state index >= 15 is 0 Å². The van der Waals surface area contributed by atoms with Crippen LogP contribution in [0.4, 0.5) is 0 Å². The van der Waals surface area contributed by atoms with Crippen LogP contribution in [0.2, 0.25) is 0 Å². The number of hydrogen-bond acceptors (Lipinski definition) is 1. The fraction of sp³-hybridized carbons (Fsp3) is 0.375. The van der Waals surface area contributed by atoms with Crippen molar-refractivity contribution in [3.63, 3.8) is 0 Å². The molecule has 0 bridgehead atoms. The van der Waals surface area contributed by atoms with Crippen molar-refractivity contribution >= 4 is 5.91 Å². The maximum absolute atomic E-state index is 11.0. The first-order chi connectivity index (χ1) is 5.36. The second kappa shape index (κ2) is 2.42. The van der Waals surface area contributed by atoms with Gasteiger partial charge in [0.25, 0.3) is 0 Å². The summed E-state index contributed by atoms with van der Waals surface area (Å²) >= 11 is 0. The van der Waals surface area contributed by atoms with Crippen LogP contribution in [0.15, 0.2) is 12.3 Å². The summed E-state index contributed by atoms with van der Waals surface area (Å²) < 4.78 is 0. The molecular weight excluding hydrogens is 140 g/mol. The molecule has 0 aliphatic carbocycles. The molecule has 0 radical (unpaired) electrons. The Balaban J connectivity index is 2.32. The van der Waals surface area contributed by atoms with E-state index in [1.165, 1.54) is 5.69 Å². The van der Waals surface area contributed by atoms with Gasteiger partial charge in [-0.05, 0) is 11.6 Å². The third-order valence-corrected chi connectivity index (χ3v) is 1.98. The van der Waals surface area contributed by atoms with E-state index < -0.39 is 0 Å². The highest BCUT2D eigenvalue weighted by Crippen LogP contribution is 2.10. The molecule has 2 N–H and O–H groups in total. The number of aromatic amines is 1. The van der Waals surface area contributed by atoms with Crippen LogP contribution in [0.3, 0.4) is 0 Å². The van der Waals surface area contributed by atoms with Gasteiger partial charge in [0.2, 0.25) is 5.91 Å². The van der Waals surface area contributed by atoms with Crippen LogP contribution < -0.4 is 5.32 Å². The van der Waals surface area contributed by atoms with Crippen LogP contribution in [-0.4, -0.2) is 17.4 Å². The Labute approximate surface area is 64.8 Å². The molecule has 0 unspecified atom stereocenters. The summed E-state index contributed by atoms with van der Waals surface area (Å²) in [7, 11) is 0. The number of rotatable bonds is 0. The van der Waals surface area contributed by atoms with Gasteiger partial charge in [0.1, 0.15) is 0 Å². The van der Waals surface area contributed by atoms with E-state index in [2.05, 4.69) is 10.3 Å². The normalized spacial score (nSPS) is 16.9. The molecule has 3 nitrogen and oxygen atoms in total. The molecule has 1 aliphatic rings. The number of fused-ring (bicyclic) bond motifs is 1. The molecule has 58 valence electrons. The smallest absolute Gasteiger partial charge is 0.224 e. The summed E-state index contributed by atoms with van der Waals surface area (Å²) in [5.74, 6) is 0.128. The second-order valence-corrected chi connectivity index (χ2v) is 2.76. The lowest BCUT2D eigenvalue weighted by Gasteiger charge is -1.95. The zero-order chi connectivity index (χ0) is 7.68. The zero-order valence-corrected chi connectivity index (χ0v) is 6.18. The minimum absolute atomic E-state index is 0.128. The minimum Gasteiger partial charge on any atom is -0.365 e. The molecule has 1 aromatic heterocycles. The third kappa shape index (κ3) is 1.13. The largest absolute Gasteiger partial charge is 0.365 e. The Morgan fingerprint density at radius 2 is 2.36 bits per heavy atom. The van der Waals surface area contributed by atoms with Crippen molar-refractivity contribution in [2.75, 3.05) is 6.54 Å². The van der Waals surface area contributed by atoms with Gasteiger partial charge in [-0.2, -0.15) is 0 Å². The number of nitrogens with one attached hydrogen (secondary N) is 2. The first-order valence-corrected chi connectivity index (χ1v) is 3.78. The summed E-state index contributed by atoms with van der Waals surface area (Å²) in [6.07, 6.45) is 3.34. The molecule has 0 spiro atoms. The molecule has 0 atom stereocenters. The standard InChI is InChI=1S/C8H10N2O/c11-8-5-6-1-3-9-7(6)2-4-10-8/h1,3,9H,2,4-5H2,(H,10,11). The Morgan fingerprint density at radius 3 is 3.27 bits per heavy atom. The van der Waals surface area contributed by atoms with Crippen molar-refractivity contribution in [1.82, 2.24) is 10.3 Å². The molecule has 0 saturated heterocycles. The molecule has 11 heavy (non-hydrogen) atoms. The molecule has 1 aliphatic heterocycles. The van der Waals surface area contributed by atoms with Gasteiger partial charge in [-0.3, -0.25) is 4.79 Å². The summed E-state index contributed by atoms with van der Waals surface area (Å²) in [5, 5.41) is 2.82. The summed E-state index contributed by atoms with van der Waals surface area (Å²) in [5.41, 5.74) is 2.34. The Hall–Kier alpha value is -1.25. The van der Waals surface area contributed by atoms with Crippen molar-refractivity contribution in [1.29, 1.82) is 0 Å². The van der Waals surface area contributed by atoms with Crippen molar-refractivity contribution in [3.8, 4) is 0 Å². The highest BCUT2D eigenvalue weighted by Gasteiger charge is 2.12. The molecule has 0 saturated carbocycles. The topological polar surface area (TPSA) is 44.9 Å². The van der Waals surface area contributed by atoms with E-state index in [0.717, 1.165) is 18.5 Å². The van der Waals surface area contributed by atoms with Gasteiger partial charge in [-0.15, -0.1) is 0 Å². The lowest BCUT2D eigenvalue weighted by molar-refractivity contribution is -0.120. The Kier molecular flexibility index (Phi) is 1.42. The molecular formula is C8H10N2O. The second-order valence-electron chi connectivity index (χ2n) is 2.76. The molecule has 3 heteroatoms. The van der Waals surface area contributed by atoms with Gasteiger partial charge in [-0.1, -0.05) is 0 Å².